The molecule has 98 valence electrons. The first-order valence-electron chi connectivity index (χ1n) is 5.63. The van der Waals surface area contributed by atoms with E-state index in [1.807, 2.05) is 37.3 Å². The van der Waals surface area contributed by atoms with Crippen LogP contribution >= 0.6 is 15.9 Å². The fourth-order valence-corrected chi connectivity index (χ4v) is 2.23. The van der Waals surface area contributed by atoms with Crippen molar-refractivity contribution in [2.24, 2.45) is 10.9 Å². The Morgan fingerprint density at radius 3 is 2.53 bits per heavy atom. The van der Waals surface area contributed by atoms with Crippen molar-refractivity contribution in [2.45, 2.75) is 6.92 Å². The van der Waals surface area contributed by atoms with Crippen molar-refractivity contribution in [1.29, 1.82) is 0 Å². The normalized spacial score (nSPS) is 11.4. The summed E-state index contributed by atoms with van der Waals surface area (Å²) in [6.45, 7) is 1.95. The monoisotopic (exact) mass is 320 g/mol. The van der Waals surface area contributed by atoms with Crippen molar-refractivity contribution < 1.29 is 9.94 Å². The molecular weight excluding hydrogens is 308 g/mol. The van der Waals surface area contributed by atoms with Crippen LogP contribution in [0.3, 0.4) is 0 Å². The van der Waals surface area contributed by atoms with Crippen LogP contribution in [0.15, 0.2) is 52.1 Å². The third kappa shape index (κ3) is 2.88. The number of hydrogen-bond acceptors (Lipinski definition) is 3. The maximum Gasteiger partial charge on any atom is 0.175 e. The van der Waals surface area contributed by atoms with Crippen LogP contribution in [-0.4, -0.2) is 11.0 Å². The van der Waals surface area contributed by atoms with Crippen LogP contribution in [0, 0.1) is 6.92 Å². The van der Waals surface area contributed by atoms with Gasteiger partial charge in [-0.1, -0.05) is 29.4 Å². The van der Waals surface area contributed by atoms with Gasteiger partial charge in [0.2, 0.25) is 0 Å². The molecule has 0 aliphatic rings. The molecule has 0 spiro atoms. The third-order valence-electron chi connectivity index (χ3n) is 2.65. The molecule has 0 amide bonds. The van der Waals surface area contributed by atoms with E-state index >= 15 is 0 Å². The van der Waals surface area contributed by atoms with Crippen LogP contribution < -0.4 is 10.5 Å². The lowest BCUT2D eigenvalue weighted by atomic mass is 10.1. The smallest absolute Gasteiger partial charge is 0.175 e. The molecular formula is C14H13BrN2O2. The Balaban J connectivity index is 2.47. The molecule has 3 N–H and O–H groups in total. The van der Waals surface area contributed by atoms with Crippen molar-refractivity contribution in [3.05, 3.63) is 58.1 Å². The second-order valence-corrected chi connectivity index (χ2v) is 4.82. The maximum atomic E-state index is 8.84. The highest BCUT2D eigenvalue weighted by atomic mass is 79.9. The molecule has 0 radical (unpaired) electrons. The number of amidine groups is 1. The fourth-order valence-electron chi connectivity index (χ4n) is 1.68. The minimum Gasteiger partial charge on any atom is -0.456 e. The van der Waals surface area contributed by atoms with Gasteiger partial charge in [0.15, 0.2) is 5.84 Å². The lowest BCUT2D eigenvalue weighted by Crippen LogP contribution is -2.15. The minimum atomic E-state index is -0.00365. The van der Waals surface area contributed by atoms with E-state index in [0.29, 0.717) is 15.8 Å². The molecule has 4 nitrogen and oxygen atoms in total. The van der Waals surface area contributed by atoms with E-state index in [0.717, 1.165) is 11.3 Å². The largest absolute Gasteiger partial charge is 0.456 e. The second kappa shape index (κ2) is 5.75. The molecule has 19 heavy (non-hydrogen) atoms. The van der Waals surface area contributed by atoms with Crippen LogP contribution in [0.25, 0.3) is 0 Å². The SMILES string of the molecule is Cc1ccccc1Oc1cccc(Br)c1/C(N)=N/O. The average molecular weight is 321 g/mol. The molecule has 0 fully saturated rings. The van der Waals surface area contributed by atoms with Crippen LogP contribution in [-0.2, 0) is 0 Å². The van der Waals surface area contributed by atoms with Gasteiger partial charge in [-0.2, -0.15) is 0 Å². The van der Waals surface area contributed by atoms with Gasteiger partial charge in [0, 0.05) is 4.47 Å². The van der Waals surface area contributed by atoms with Gasteiger partial charge in [-0.25, -0.2) is 0 Å². The molecule has 0 aliphatic heterocycles. The van der Waals surface area contributed by atoms with Crippen LogP contribution in [0.1, 0.15) is 11.1 Å². The lowest BCUT2D eigenvalue weighted by molar-refractivity contribution is 0.318. The van der Waals surface area contributed by atoms with Gasteiger partial charge in [-0.3, -0.25) is 0 Å². The number of rotatable bonds is 3. The molecule has 0 saturated heterocycles. The van der Waals surface area contributed by atoms with Crippen LogP contribution in [0.2, 0.25) is 0 Å². The topological polar surface area (TPSA) is 67.8 Å². The molecule has 0 bridgehead atoms. The first kappa shape index (κ1) is 13.4. The Morgan fingerprint density at radius 1 is 1.16 bits per heavy atom. The zero-order valence-electron chi connectivity index (χ0n) is 10.3. The molecule has 2 aromatic rings. The van der Waals surface area contributed by atoms with Crippen LogP contribution in [0.4, 0.5) is 0 Å². The second-order valence-electron chi connectivity index (χ2n) is 3.97. The zero-order valence-corrected chi connectivity index (χ0v) is 11.9. The summed E-state index contributed by atoms with van der Waals surface area (Å²) in [5.74, 6) is 1.25. The summed E-state index contributed by atoms with van der Waals surface area (Å²) in [7, 11) is 0. The van der Waals surface area contributed by atoms with Gasteiger partial charge in [0.1, 0.15) is 11.5 Å². The molecule has 0 heterocycles. The third-order valence-corrected chi connectivity index (χ3v) is 3.31. The number of halogens is 1. The predicted molar refractivity (Wildman–Crippen MR) is 77.9 cm³/mol. The molecule has 2 rings (SSSR count). The van der Waals surface area contributed by atoms with Crippen molar-refractivity contribution >= 4 is 21.8 Å². The summed E-state index contributed by atoms with van der Waals surface area (Å²) in [5.41, 5.74) is 7.21. The van der Waals surface area contributed by atoms with E-state index in [1.54, 1.807) is 12.1 Å². The lowest BCUT2D eigenvalue weighted by Gasteiger charge is -2.13. The molecule has 0 atom stereocenters. The predicted octanol–water partition coefficient (Wildman–Crippen LogP) is 3.64. The van der Waals surface area contributed by atoms with Gasteiger partial charge in [-0.15, -0.1) is 0 Å². The maximum absolute atomic E-state index is 8.84. The zero-order chi connectivity index (χ0) is 13.8. The number of hydrogen-bond donors (Lipinski definition) is 2. The summed E-state index contributed by atoms with van der Waals surface area (Å²) >= 11 is 3.37. The van der Waals surface area contributed by atoms with E-state index in [2.05, 4.69) is 21.1 Å². The minimum absolute atomic E-state index is 0.00365. The van der Waals surface area contributed by atoms with Gasteiger partial charge < -0.3 is 15.7 Å². The first-order valence-corrected chi connectivity index (χ1v) is 6.42. The van der Waals surface area contributed by atoms with E-state index in [9.17, 15) is 0 Å². The number of ether oxygens (including phenoxy) is 1. The highest BCUT2D eigenvalue weighted by Gasteiger charge is 2.13. The Bertz CT molecular complexity index is 627. The highest BCUT2D eigenvalue weighted by molar-refractivity contribution is 9.10. The molecule has 0 unspecified atom stereocenters. The summed E-state index contributed by atoms with van der Waals surface area (Å²) < 4.78 is 6.54. The van der Waals surface area contributed by atoms with E-state index in [-0.39, 0.29) is 5.84 Å². The molecule has 2 aromatic carbocycles. The molecule has 0 aliphatic carbocycles. The van der Waals surface area contributed by atoms with Gasteiger partial charge in [0.25, 0.3) is 0 Å². The Morgan fingerprint density at radius 2 is 1.84 bits per heavy atom. The molecule has 0 aromatic heterocycles. The Hall–Kier alpha value is -2.01. The van der Waals surface area contributed by atoms with Crippen molar-refractivity contribution in [3.8, 4) is 11.5 Å². The van der Waals surface area contributed by atoms with Gasteiger partial charge in [0.05, 0.1) is 5.56 Å². The highest BCUT2D eigenvalue weighted by Crippen LogP contribution is 2.31. The summed E-state index contributed by atoms with van der Waals surface area (Å²) in [6.07, 6.45) is 0. The Labute approximate surface area is 119 Å². The number of oxime groups is 1. The van der Waals surface area contributed by atoms with E-state index in [4.69, 9.17) is 15.7 Å². The Kier molecular flexibility index (Phi) is 4.06. The molecule has 0 saturated carbocycles. The van der Waals surface area contributed by atoms with Crippen molar-refractivity contribution in [2.75, 3.05) is 0 Å². The summed E-state index contributed by atoms with van der Waals surface area (Å²) in [6, 6.07) is 13.0. The van der Waals surface area contributed by atoms with E-state index in [1.165, 1.54) is 0 Å². The van der Waals surface area contributed by atoms with Crippen molar-refractivity contribution in [1.82, 2.24) is 0 Å². The number of aryl methyl sites for hydroxylation is 1. The van der Waals surface area contributed by atoms with E-state index < -0.39 is 0 Å². The summed E-state index contributed by atoms with van der Waals surface area (Å²) in [4.78, 5) is 0. The quantitative estimate of drug-likeness (QED) is 0.392. The average Bonchev–Trinajstić information content (AvgIpc) is 2.41. The number of nitrogens with two attached hydrogens (primary N) is 1. The van der Waals surface area contributed by atoms with Gasteiger partial charge >= 0.3 is 0 Å². The van der Waals surface area contributed by atoms with Crippen molar-refractivity contribution in [3.63, 3.8) is 0 Å². The fraction of sp³-hybridized carbons (Fsp3) is 0.0714. The van der Waals surface area contributed by atoms with Crippen LogP contribution in [0.5, 0.6) is 11.5 Å². The number of para-hydroxylation sites is 1. The number of benzene rings is 2. The number of nitrogens with zero attached hydrogens (tertiary/aromatic N) is 1. The summed E-state index contributed by atoms with van der Waals surface area (Å²) in [5, 5.41) is 11.9. The van der Waals surface area contributed by atoms with Gasteiger partial charge in [-0.05, 0) is 46.6 Å². The standard InChI is InChI=1S/C14H13BrN2O2/c1-9-5-2-3-7-11(9)19-12-8-4-6-10(15)13(12)14(16)17-18/h2-8,18H,1H3,(H2,16,17). The molecule has 5 heteroatoms. The first-order chi connectivity index (χ1) is 9.13.